The normalized spacial score (nSPS) is 9.57. The third-order valence-corrected chi connectivity index (χ3v) is 3.23. The van der Waals surface area contributed by atoms with Gasteiger partial charge in [0.05, 0.1) is 0 Å². The first-order valence-corrected chi connectivity index (χ1v) is 8.31. The maximum Gasteiger partial charge on any atom is 0.273 e. The van der Waals surface area contributed by atoms with E-state index in [0.717, 1.165) is 29.7 Å². The van der Waals surface area contributed by atoms with E-state index in [0.29, 0.717) is 17.5 Å². The number of phenols is 1. The monoisotopic (exact) mass is 358 g/mol. The number of rotatable bonds is 6. The lowest BCUT2D eigenvalue weighted by Crippen LogP contribution is -2.24. The van der Waals surface area contributed by atoms with E-state index in [1.165, 1.54) is 12.8 Å². The van der Waals surface area contributed by atoms with E-state index in [4.69, 9.17) is 21.7 Å². The van der Waals surface area contributed by atoms with Crippen molar-refractivity contribution in [3.05, 3.63) is 28.8 Å². The molecule has 0 radical (unpaired) electrons. The molecule has 1 aromatic rings. The molecule has 0 bridgehead atoms. The van der Waals surface area contributed by atoms with Crippen LogP contribution in [0.4, 0.5) is 4.79 Å². The van der Waals surface area contributed by atoms with Gasteiger partial charge in [-0.05, 0) is 61.3 Å². The molecule has 0 saturated heterocycles. The van der Waals surface area contributed by atoms with Crippen molar-refractivity contribution in [2.24, 2.45) is 5.73 Å². The Labute approximate surface area is 149 Å². The summed E-state index contributed by atoms with van der Waals surface area (Å²) in [5, 5.41) is 12.6. The van der Waals surface area contributed by atoms with E-state index in [-0.39, 0.29) is 0 Å². The first-order valence-electron chi connectivity index (χ1n) is 7.46. The van der Waals surface area contributed by atoms with Gasteiger partial charge in [-0.15, -0.1) is 0 Å². The minimum atomic E-state index is -0.639. The topological polar surface area (TPSA) is 84.6 Å². The summed E-state index contributed by atoms with van der Waals surface area (Å²) < 4.78 is 5.50. The van der Waals surface area contributed by atoms with Gasteiger partial charge < -0.3 is 20.9 Å². The van der Waals surface area contributed by atoms with Crippen LogP contribution in [0.3, 0.4) is 0 Å². The quantitative estimate of drug-likeness (QED) is 0.355. The molecular formula is C16H26N2O3S2. The molecule has 1 amide bonds. The predicted molar refractivity (Wildman–Crippen MR) is 101 cm³/mol. The van der Waals surface area contributed by atoms with Crippen molar-refractivity contribution in [2.75, 3.05) is 6.54 Å². The number of carbonyl (C=O) groups excluding carboxylic acids is 1. The zero-order valence-corrected chi connectivity index (χ0v) is 15.6. The van der Waals surface area contributed by atoms with Crippen molar-refractivity contribution in [1.82, 2.24) is 5.32 Å². The zero-order chi connectivity index (χ0) is 17.8. The lowest BCUT2D eigenvalue weighted by molar-refractivity contribution is 0.267. The largest absolute Gasteiger partial charge is 0.507 e. The zero-order valence-electron chi connectivity index (χ0n) is 13.9. The first kappa shape index (κ1) is 21.5. The van der Waals surface area contributed by atoms with Gasteiger partial charge in [0.1, 0.15) is 12.4 Å². The molecule has 1 aromatic carbocycles. The van der Waals surface area contributed by atoms with Crippen LogP contribution in [0.5, 0.6) is 5.75 Å². The molecule has 7 heteroatoms. The van der Waals surface area contributed by atoms with Crippen LogP contribution in [0.1, 0.15) is 42.9 Å². The van der Waals surface area contributed by atoms with Crippen LogP contribution in [0, 0.1) is 13.8 Å². The molecule has 0 heterocycles. The molecule has 130 valence electrons. The van der Waals surface area contributed by atoms with E-state index in [2.05, 4.69) is 30.6 Å². The fourth-order valence-corrected chi connectivity index (χ4v) is 2.06. The number of aromatic hydroxyl groups is 1. The molecule has 0 aliphatic rings. The highest BCUT2D eigenvalue weighted by molar-refractivity contribution is 7.96. The van der Waals surface area contributed by atoms with Gasteiger partial charge in [0.15, 0.2) is 0 Å². The van der Waals surface area contributed by atoms with Crippen LogP contribution in [-0.4, -0.2) is 22.1 Å². The second kappa shape index (κ2) is 12.0. The van der Waals surface area contributed by atoms with Crippen molar-refractivity contribution >= 4 is 35.3 Å². The molecule has 0 aromatic heterocycles. The Morgan fingerprint density at radius 3 is 2.35 bits per heavy atom. The summed E-state index contributed by atoms with van der Waals surface area (Å²) in [4.78, 5) is 9.09. The summed E-state index contributed by atoms with van der Waals surface area (Å²) in [6.07, 6.45) is 3.50. The van der Waals surface area contributed by atoms with Gasteiger partial charge >= 0.3 is 0 Å². The molecule has 0 spiro atoms. The van der Waals surface area contributed by atoms with Crippen LogP contribution < -0.4 is 11.1 Å². The minimum Gasteiger partial charge on any atom is -0.507 e. The van der Waals surface area contributed by atoms with Gasteiger partial charge in [-0.3, -0.25) is 4.79 Å². The number of primary amides is 1. The second-order valence-electron chi connectivity index (χ2n) is 5.13. The van der Waals surface area contributed by atoms with Gasteiger partial charge in [0.2, 0.25) is 0 Å². The standard InChI is InChI=1S/C15H23NO2S.CH3NOS/c1-4-5-6-7-16-15(19)18-10-13-8-11(2)14(17)12(3)9-13;2-1(3)4/h8-9,17H,4-7,10H2,1-3H3,(H,16,19);(H3,2,3,4). The number of hydrogen-bond donors (Lipinski definition) is 4. The average molecular weight is 359 g/mol. The number of thiol groups is 1. The van der Waals surface area contributed by atoms with Crippen LogP contribution in [0.2, 0.25) is 0 Å². The number of unbranched alkanes of at least 4 members (excludes halogenated alkanes) is 2. The molecule has 5 nitrogen and oxygen atoms in total. The number of aryl methyl sites for hydroxylation is 2. The Balaban J connectivity index is 0.00000108. The van der Waals surface area contributed by atoms with Gasteiger partial charge in [-0.1, -0.05) is 32.4 Å². The lowest BCUT2D eigenvalue weighted by atomic mass is 10.1. The van der Waals surface area contributed by atoms with E-state index in [1.54, 1.807) is 0 Å². The number of phenolic OH excluding ortho intramolecular Hbond substituents is 1. The average Bonchev–Trinajstić information content (AvgIpc) is 2.46. The van der Waals surface area contributed by atoms with Crippen molar-refractivity contribution < 1.29 is 14.6 Å². The van der Waals surface area contributed by atoms with Gasteiger partial charge in [0, 0.05) is 6.54 Å². The molecule has 0 aliphatic carbocycles. The third kappa shape index (κ3) is 10.8. The molecule has 0 saturated carbocycles. The molecule has 23 heavy (non-hydrogen) atoms. The summed E-state index contributed by atoms with van der Waals surface area (Å²) in [6.45, 7) is 7.23. The second-order valence-corrected chi connectivity index (χ2v) is 5.94. The van der Waals surface area contributed by atoms with E-state index in [9.17, 15) is 5.11 Å². The number of amides is 1. The van der Waals surface area contributed by atoms with Crippen molar-refractivity contribution in [2.45, 2.75) is 46.6 Å². The molecular weight excluding hydrogens is 332 g/mol. The Morgan fingerprint density at radius 1 is 1.35 bits per heavy atom. The highest BCUT2D eigenvalue weighted by Crippen LogP contribution is 2.23. The summed E-state index contributed by atoms with van der Waals surface area (Å²) in [7, 11) is 0. The van der Waals surface area contributed by atoms with E-state index >= 15 is 0 Å². The number of hydrogen-bond acceptors (Lipinski definition) is 4. The first-order chi connectivity index (χ1) is 10.8. The highest BCUT2D eigenvalue weighted by Gasteiger charge is 2.04. The Hall–Kier alpha value is -1.47. The molecule has 0 atom stereocenters. The van der Waals surface area contributed by atoms with Crippen molar-refractivity contribution in [3.8, 4) is 5.75 Å². The summed E-state index contributed by atoms with van der Waals surface area (Å²) in [5.41, 5.74) is 7.08. The van der Waals surface area contributed by atoms with E-state index in [1.807, 2.05) is 26.0 Å². The van der Waals surface area contributed by atoms with Crippen LogP contribution in [0.15, 0.2) is 12.1 Å². The highest BCUT2D eigenvalue weighted by atomic mass is 32.1. The smallest absolute Gasteiger partial charge is 0.273 e. The van der Waals surface area contributed by atoms with Gasteiger partial charge in [-0.2, -0.15) is 0 Å². The fourth-order valence-electron chi connectivity index (χ4n) is 1.89. The van der Waals surface area contributed by atoms with E-state index < -0.39 is 5.24 Å². The SMILES string of the molecule is CCCCCNC(=S)OCc1cc(C)c(O)c(C)c1.NC(=O)S. The number of nitrogens with two attached hydrogens (primary N) is 1. The number of nitrogens with one attached hydrogen (secondary N) is 1. The Kier molecular flexibility index (Phi) is 11.2. The number of benzene rings is 1. The van der Waals surface area contributed by atoms with Crippen LogP contribution in [0.25, 0.3) is 0 Å². The maximum absolute atomic E-state index is 9.70. The predicted octanol–water partition coefficient (Wildman–Crippen LogP) is 3.59. The molecule has 0 unspecified atom stereocenters. The molecule has 0 fully saturated rings. The fraction of sp³-hybridized carbons (Fsp3) is 0.500. The Morgan fingerprint density at radius 2 is 1.87 bits per heavy atom. The molecule has 1 rings (SSSR count). The van der Waals surface area contributed by atoms with Crippen LogP contribution >= 0.6 is 24.8 Å². The maximum atomic E-state index is 9.70. The Bertz CT molecular complexity index is 495. The van der Waals surface area contributed by atoms with Crippen LogP contribution in [-0.2, 0) is 11.3 Å². The molecule has 0 aliphatic heterocycles. The summed E-state index contributed by atoms with van der Waals surface area (Å²) in [6, 6.07) is 3.84. The minimum absolute atomic E-state index is 0.351. The molecule has 4 N–H and O–H groups in total. The lowest BCUT2D eigenvalue weighted by Gasteiger charge is -2.11. The van der Waals surface area contributed by atoms with Crippen molar-refractivity contribution in [1.29, 1.82) is 0 Å². The summed E-state index contributed by atoms with van der Waals surface area (Å²) in [5.74, 6) is 0.351. The van der Waals surface area contributed by atoms with Gasteiger partial charge in [-0.25, -0.2) is 0 Å². The third-order valence-electron chi connectivity index (χ3n) is 2.97. The summed E-state index contributed by atoms with van der Waals surface area (Å²) >= 11 is 8.22. The number of thiocarbonyl (C=S) groups is 1. The van der Waals surface area contributed by atoms with Gasteiger partial charge in [0.25, 0.3) is 10.4 Å². The number of ether oxygens (including phenoxy) is 1. The number of carbonyl (C=O) groups is 1. The van der Waals surface area contributed by atoms with Crippen molar-refractivity contribution in [3.63, 3.8) is 0 Å².